The molecule has 2 aliphatic rings. The molecule has 8 heteroatoms. The molecular weight excluding hydrogens is 507 g/mol. The van der Waals surface area contributed by atoms with Crippen LogP contribution >= 0.6 is 25.4 Å². The van der Waals surface area contributed by atoms with Crippen molar-refractivity contribution >= 4 is 40.9 Å². The van der Waals surface area contributed by atoms with Crippen molar-refractivity contribution in [1.82, 2.24) is 5.32 Å². The van der Waals surface area contributed by atoms with Crippen molar-refractivity contribution in [2.24, 2.45) is 11.8 Å². The van der Waals surface area contributed by atoms with Crippen LogP contribution < -0.4 is 9.62 Å². The number of benzene rings is 2. The molecule has 2 aromatic rings. The zero-order chi connectivity index (χ0) is 25.1. The molecule has 36 heavy (non-hydrogen) atoms. The number of rotatable bonds is 10. The van der Waals surface area contributed by atoms with E-state index in [-0.39, 0.29) is 18.4 Å². The van der Waals surface area contributed by atoms with Gasteiger partial charge in [0.25, 0.3) is 0 Å². The first kappa shape index (κ1) is 29.4. The first-order valence-electron chi connectivity index (χ1n) is 13.0. The maximum absolute atomic E-state index is 13.3. The lowest BCUT2D eigenvalue weighted by Gasteiger charge is -2.50. The smallest absolute Gasteiger partial charge is 0.114 e. The molecule has 2 aliphatic heterocycles. The van der Waals surface area contributed by atoms with Crippen molar-refractivity contribution in [2.45, 2.75) is 62.6 Å². The van der Waals surface area contributed by atoms with Gasteiger partial charge in [-0.3, -0.25) is 5.32 Å². The van der Waals surface area contributed by atoms with Crippen molar-refractivity contribution in [1.29, 1.82) is 4.78 Å². The SMILES string of the molecule is CCc1ccc(C2(SN(C)c3ccc(CCC4CCOCC4)c(S(=N)(=O)CC)c3)NCC2C)cc1.S. The third-order valence-corrected chi connectivity index (χ3v) is 11.2. The maximum Gasteiger partial charge on any atom is 0.114 e. The van der Waals surface area contributed by atoms with E-state index in [9.17, 15) is 4.21 Å². The van der Waals surface area contributed by atoms with Crippen LogP contribution in [0.2, 0.25) is 0 Å². The molecule has 2 N–H and O–H groups in total. The Morgan fingerprint density at radius 3 is 2.42 bits per heavy atom. The lowest BCUT2D eigenvalue weighted by molar-refractivity contribution is 0.0640. The molecule has 0 bridgehead atoms. The molecule has 200 valence electrons. The first-order chi connectivity index (χ1) is 16.8. The van der Waals surface area contributed by atoms with E-state index in [1.165, 1.54) is 11.1 Å². The molecule has 0 amide bonds. The van der Waals surface area contributed by atoms with Gasteiger partial charge in [0, 0.05) is 44.2 Å². The fourth-order valence-corrected chi connectivity index (χ4v) is 7.63. The summed E-state index contributed by atoms with van der Waals surface area (Å²) >= 11 is 1.78. The topological polar surface area (TPSA) is 65.4 Å². The highest BCUT2D eigenvalue weighted by molar-refractivity contribution is 8.01. The normalized spacial score (nSPS) is 23.8. The third kappa shape index (κ3) is 6.26. The average Bonchev–Trinajstić information content (AvgIpc) is 2.90. The molecule has 0 radical (unpaired) electrons. The van der Waals surface area contributed by atoms with Crippen molar-refractivity contribution in [3.63, 3.8) is 0 Å². The van der Waals surface area contributed by atoms with Gasteiger partial charge < -0.3 is 9.04 Å². The Hall–Kier alpha value is -1.19. The third-order valence-electron chi connectivity index (χ3n) is 7.78. The van der Waals surface area contributed by atoms with Gasteiger partial charge in [-0.2, -0.15) is 13.5 Å². The Kier molecular flexibility index (Phi) is 10.3. The van der Waals surface area contributed by atoms with Gasteiger partial charge in [0.2, 0.25) is 0 Å². The van der Waals surface area contributed by atoms with Gasteiger partial charge in [-0.05, 0) is 78.8 Å². The summed E-state index contributed by atoms with van der Waals surface area (Å²) in [5.41, 5.74) is 4.70. The second kappa shape index (κ2) is 12.6. The van der Waals surface area contributed by atoms with Crippen LogP contribution in [0.4, 0.5) is 5.69 Å². The molecule has 2 aromatic carbocycles. The molecule has 5 nitrogen and oxygen atoms in total. The number of aryl methyl sites for hydroxylation is 2. The monoisotopic (exact) mass is 549 g/mol. The lowest BCUT2D eigenvalue weighted by atomic mass is 9.86. The van der Waals surface area contributed by atoms with Gasteiger partial charge in [-0.1, -0.05) is 51.1 Å². The maximum atomic E-state index is 13.3. The Morgan fingerprint density at radius 1 is 1.17 bits per heavy atom. The lowest BCUT2D eigenvalue weighted by Crippen LogP contribution is -2.60. The minimum Gasteiger partial charge on any atom is -0.381 e. The van der Waals surface area contributed by atoms with E-state index in [1.807, 2.05) is 13.0 Å². The van der Waals surface area contributed by atoms with E-state index >= 15 is 0 Å². The summed E-state index contributed by atoms with van der Waals surface area (Å²) in [7, 11) is -0.739. The molecule has 2 fully saturated rings. The molecule has 0 aliphatic carbocycles. The molecule has 2 saturated heterocycles. The molecular formula is C28H43N3O2S3. The second-order valence-corrected chi connectivity index (χ2v) is 13.7. The van der Waals surface area contributed by atoms with Crippen LogP contribution in [-0.4, -0.2) is 36.8 Å². The largest absolute Gasteiger partial charge is 0.381 e. The molecule has 0 saturated carbocycles. The van der Waals surface area contributed by atoms with E-state index in [0.717, 1.165) is 63.1 Å². The highest BCUT2D eigenvalue weighted by Crippen LogP contribution is 2.48. The van der Waals surface area contributed by atoms with Crippen molar-refractivity contribution in [3.8, 4) is 0 Å². The molecule has 2 heterocycles. The number of nitrogens with zero attached hydrogens (tertiary/aromatic N) is 1. The predicted octanol–water partition coefficient (Wildman–Crippen LogP) is 6.32. The van der Waals surface area contributed by atoms with Crippen molar-refractivity contribution in [2.75, 3.05) is 36.9 Å². The standard InChI is InChI=1S/C28H41N3O2S2.H2S/c1-5-22-8-12-25(13-9-22)28(21(3)20-30-28)34-31(4)26-14-11-24(27(19-26)35(29,32)6-2)10-7-23-15-17-33-18-16-23;/h8-9,11-14,19,21,23,29-30H,5-7,10,15-18,20H2,1-4H3;1H2. The molecule has 4 rings (SSSR count). The van der Waals surface area contributed by atoms with E-state index < -0.39 is 9.73 Å². The molecule has 3 unspecified atom stereocenters. The van der Waals surface area contributed by atoms with Gasteiger partial charge in [0.1, 0.15) is 4.87 Å². The average molecular weight is 550 g/mol. The van der Waals surface area contributed by atoms with Crippen LogP contribution in [0.3, 0.4) is 0 Å². The zero-order valence-electron chi connectivity index (χ0n) is 22.1. The molecule has 0 spiro atoms. The van der Waals surface area contributed by atoms with Crippen molar-refractivity contribution in [3.05, 3.63) is 59.2 Å². The zero-order valence-corrected chi connectivity index (χ0v) is 24.8. The first-order valence-corrected chi connectivity index (χ1v) is 15.5. The van der Waals surface area contributed by atoms with Crippen LogP contribution in [0, 0.1) is 16.6 Å². The predicted molar refractivity (Wildman–Crippen MR) is 159 cm³/mol. The van der Waals surface area contributed by atoms with Crippen LogP contribution in [0.25, 0.3) is 0 Å². The Labute approximate surface area is 229 Å². The molecule has 0 aromatic heterocycles. The second-order valence-electron chi connectivity index (χ2n) is 10.0. The molecule has 3 atom stereocenters. The number of hydrogen-bond acceptors (Lipinski definition) is 6. The van der Waals surface area contributed by atoms with Gasteiger partial charge in [0.05, 0.1) is 14.6 Å². The number of nitrogens with one attached hydrogen (secondary N) is 2. The van der Waals surface area contributed by atoms with E-state index in [2.05, 4.69) is 66.9 Å². The van der Waals surface area contributed by atoms with E-state index in [0.29, 0.717) is 22.5 Å². The number of anilines is 1. The van der Waals surface area contributed by atoms with Crippen LogP contribution in [0.1, 0.15) is 56.7 Å². The Bertz CT molecular complexity index is 1100. The quantitative estimate of drug-likeness (QED) is 0.339. The van der Waals surface area contributed by atoms with Crippen LogP contribution in [0.15, 0.2) is 47.4 Å². The number of ether oxygens (including phenoxy) is 1. The fourth-order valence-electron chi connectivity index (χ4n) is 5.11. The minimum atomic E-state index is -2.82. The Balaban J connectivity index is 0.00000361. The summed E-state index contributed by atoms with van der Waals surface area (Å²) in [4.78, 5) is 0.531. The van der Waals surface area contributed by atoms with E-state index in [1.54, 1.807) is 11.9 Å². The summed E-state index contributed by atoms with van der Waals surface area (Å²) in [6, 6.07) is 15.2. The van der Waals surface area contributed by atoms with Crippen LogP contribution in [0.5, 0.6) is 0 Å². The summed E-state index contributed by atoms with van der Waals surface area (Å²) in [6.45, 7) is 9.02. The van der Waals surface area contributed by atoms with E-state index in [4.69, 9.17) is 9.52 Å². The summed E-state index contributed by atoms with van der Waals surface area (Å²) in [5, 5.41) is 3.70. The highest BCUT2D eigenvalue weighted by atomic mass is 32.2. The fraction of sp³-hybridized carbons (Fsp3) is 0.571. The summed E-state index contributed by atoms with van der Waals surface area (Å²) < 4.78 is 29.6. The van der Waals surface area contributed by atoms with Gasteiger partial charge in [0.15, 0.2) is 0 Å². The summed E-state index contributed by atoms with van der Waals surface area (Å²) in [5.74, 6) is 1.48. The number of hydrogen-bond donors (Lipinski definition) is 2. The highest BCUT2D eigenvalue weighted by Gasteiger charge is 2.47. The van der Waals surface area contributed by atoms with Crippen molar-refractivity contribution < 1.29 is 8.95 Å². The van der Waals surface area contributed by atoms with Gasteiger partial charge >= 0.3 is 0 Å². The van der Waals surface area contributed by atoms with Crippen LogP contribution in [-0.2, 0) is 32.2 Å². The Morgan fingerprint density at radius 2 is 1.86 bits per heavy atom. The van der Waals surface area contributed by atoms with Gasteiger partial charge in [-0.15, -0.1) is 0 Å². The van der Waals surface area contributed by atoms with Gasteiger partial charge in [-0.25, -0.2) is 8.99 Å². The summed E-state index contributed by atoms with van der Waals surface area (Å²) in [6.07, 6.45) is 5.18. The minimum absolute atomic E-state index is 0.